The minimum atomic E-state index is 0.558. The molecular formula is C18H19N3. The molecule has 3 heteroatoms. The Morgan fingerprint density at radius 1 is 1.00 bits per heavy atom. The molecule has 3 nitrogen and oxygen atoms in total. The van der Waals surface area contributed by atoms with Crippen LogP contribution in [0.15, 0.2) is 42.7 Å². The van der Waals surface area contributed by atoms with E-state index in [2.05, 4.69) is 35.0 Å². The Hall–Kier alpha value is -2.13. The van der Waals surface area contributed by atoms with Crippen molar-refractivity contribution in [2.24, 2.45) is 5.73 Å². The summed E-state index contributed by atoms with van der Waals surface area (Å²) in [6.07, 6.45) is 9.21. The summed E-state index contributed by atoms with van der Waals surface area (Å²) in [6, 6.07) is 10.9. The van der Waals surface area contributed by atoms with Gasteiger partial charge in [-0.05, 0) is 54.5 Å². The molecule has 106 valence electrons. The molecule has 21 heavy (non-hydrogen) atoms. The molecule has 1 aromatic carbocycles. The molecule has 0 fully saturated rings. The minimum Gasteiger partial charge on any atom is -0.326 e. The number of nitrogens with zero attached hydrogens (tertiary/aromatic N) is 2. The Morgan fingerprint density at radius 2 is 1.86 bits per heavy atom. The fraction of sp³-hybridized carbons (Fsp3) is 0.278. The molecule has 0 atom stereocenters. The van der Waals surface area contributed by atoms with E-state index in [0.29, 0.717) is 6.54 Å². The molecule has 0 saturated heterocycles. The first-order chi connectivity index (χ1) is 10.3. The number of rotatable bonds is 2. The summed E-state index contributed by atoms with van der Waals surface area (Å²) in [5, 5.41) is 0. The fourth-order valence-electron chi connectivity index (χ4n) is 3.19. The Kier molecular flexibility index (Phi) is 3.00. The maximum atomic E-state index is 5.70. The lowest BCUT2D eigenvalue weighted by Gasteiger charge is -2.15. The van der Waals surface area contributed by atoms with E-state index in [1.54, 1.807) is 0 Å². The number of nitrogens with two attached hydrogens (primary N) is 1. The van der Waals surface area contributed by atoms with Crippen LogP contribution in [0, 0.1) is 0 Å². The second-order valence-corrected chi connectivity index (χ2v) is 5.82. The third-order valence-electron chi connectivity index (χ3n) is 4.39. The number of fused-ring (bicyclic) bond motifs is 2. The highest BCUT2D eigenvalue weighted by Gasteiger charge is 2.11. The van der Waals surface area contributed by atoms with E-state index in [9.17, 15) is 0 Å². The molecule has 2 N–H and O–H groups in total. The first-order valence-electron chi connectivity index (χ1n) is 7.63. The topological polar surface area (TPSA) is 43.3 Å². The second-order valence-electron chi connectivity index (χ2n) is 5.82. The molecule has 0 radical (unpaired) electrons. The highest BCUT2D eigenvalue weighted by molar-refractivity contribution is 5.64. The lowest BCUT2D eigenvalue weighted by atomic mass is 9.90. The van der Waals surface area contributed by atoms with Gasteiger partial charge in [0.15, 0.2) is 0 Å². The second kappa shape index (κ2) is 5.01. The summed E-state index contributed by atoms with van der Waals surface area (Å²) in [7, 11) is 0. The Bertz CT molecular complexity index is 801. The molecule has 4 rings (SSSR count). The third kappa shape index (κ3) is 2.24. The van der Waals surface area contributed by atoms with Gasteiger partial charge in [0.1, 0.15) is 5.65 Å². The summed E-state index contributed by atoms with van der Waals surface area (Å²) < 4.78 is 2.07. The number of benzene rings is 1. The zero-order valence-electron chi connectivity index (χ0n) is 12.0. The number of hydrogen-bond acceptors (Lipinski definition) is 2. The van der Waals surface area contributed by atoms with Gasteiger partial charge in [-0.15, -0.1) is 0 Å². The van der Waals surface area contributed by atoms with E-state index in [1.807, 2.05) is 12.1 Å². The van der Waals surface area contributed by atoms with Crippen molar-refractivity contribution in [2.75, 3.05) is 0 Å². The number of aromatic nitrogens is 2. The van der Waals surface area contributed by atoms with Crippen LogP contribution in [0.25, 0.3) is 16.9 Å². The zero-order chi connectivity index (χ0) is 14.2. The van der Waals surface area contributed by atoms with Crippen LogP contribution in [-0.2, 0) is 19.4 Å². The van der Waals surface area contributed by atoms with Crippen molar-refractivity contribution in [3.05, 3.63) is 59.4 Å². The summed E-state index contributed by atoms with van der Waals surface area (Å²) >= 11 is 0. The summed E-state index contributed by atoms with van der Waals surface area (Å²) in [5.74, 6) is 0. The van der Waals surface area contributed by atoms with Crippen molar-refractivity contribution in [3.63, 3.8) is 0 Å². The number of imidazole rings is 1. The van der Waals surface area contributed by atoms with Crippen LogP contribution >= 0.6 is 0 Å². The van der Waals surface area contributed by atoms with Crippen LogP contribution in [0.5, 0.6) is 0 Å². The van der Waals surface area contributed by atoms with E-state index in [4.69, 9.17) is 10.7 Å². The molecule has 0 aliphatic heterocycles. The SMILES string of the molecule is NCc1ccc2nc(-c3ccc4c(c3)CCCC4)cn2c1. The van der Waals surface area contributed by atoms with Crippen molar-refractivity contribution in [2.45, 2.75) is 32.2 Å². The smallest absolute Gasteiger partial charge is 0.137 e. The number of hydrogen-bond donors (Lipinski definition) is 1. The molecule has 0 unspecified atom stereocenters. The van der Waals surface area contributed by atoms with E-state index in [0.717, 1.165) is 16.9 Å². The lowest BCUT2D eigenvalue weighted by Crippen LogP contribution is -2.02. The molecule has 0 saturated carbocycles. The molecule has 0 bridgehead atoms. The van der Waals surface area contributed by atoms with Crippen molar-refractivity contribution in [1.82, 2.24) is 9.38 Å². The Balaban J connectivity index is 1.78. The molecule has 0 spiro atoms. The van der Waals surface area contributed by atoms with Crippen LogP contribution < -0.4 is 5.73 Å². The fourth-order valence-corrected chi connectivity index (χ4v) is 3.19. The van der Waals surface area contributed by atoms with Gasteiger partial charge in [-0.3, -0.25) is 0 Å². The number of aryl methyl sites for hydroxylation is 2. The first kappa shape index (κ1) is 12.6. The zero-order valence-corrected chi connectivity index (χ0v) is 12.0. The lowest BCUT2D eigenvalue weighted by molar-refractivity contribution is 0.686. The van der Waals surface area contributed by atoms with Gasteiger partial charge in [-0.1, -0.05) is 18.2 Å². The molecule has 1 aliphatic rings. The monoisotopic (exact) mass is 277 g/mol. The molecular weight excluding hydrogens is 258 g/mol. The van der Waals surface area contributed by atoms with Gasteiger partial charge in [0.25, 0.3) is 0 Å². The van der Waals surface area contributed by atoms with E-state index in [-0.39, 0.29) is 0 Å². The van der Waals surface area contributed by atoms with Crippen molar-refractivity contribution in [3.8, 4) is 11.3 Å². The van der Waals surface area contributed by atoms with Gasteiger partial charge in [0.05, 0.1) is 5.69 Å². The standard InChI is InChI=1S/C18H19N3/c19-10-13-5-8-18-20-17(12-21(18)11-13)16-7-6-14-3-1-2-4-15(14)9-16/h5-9,11-12H,1-4,10,19H2. The van der Waals surface area contributed by atoms with Crippen LogP contribution in [0.4, 0.5) is 0 Å². The summed E-state index contributed by atoms with van der Waals surface area (Å²) in [6.45, 7) is 0.558. The summed E-state index contributed by atoms with van der Waals surface area (Å²) in [5.41, 5.74) is 13.1. The van der Waals surface area contributed by atoms with Gasteiger partial charge in [-0.2, -0.15) is 0 Å². The van der Waals surface area contributed by atoms with Crippen molar-refractivity contribution < 1.29 is 0 Å². The van der Waals surface area contributed by atoms with E-state index >= 15 is 0 Å². The molecule has 2 heterocycles. The molecule has 0 amide bonds. The Morgan fingerprint density at radius 3 is 2.71 bits per heavy atom. The average Bonchev–Trinajstić information content (AvgIpc) is 2.97. The van der Waals surface area contributed by atoms with Crippen LogP contribution in [0.2, 0.25) is 0 Å². The molecule has 3 aromatic rings. The van der Waals surface area contributed by atoms with Gasteiger partial charge in [0, 0.05) is 24.5 Å². The maximum Gasteiger partial charge on any atom is 0.137 e. The average molecular weight is 277 g/mol. The van der Waals surface area contributed by atoms with Crippen molar-refractivity contribution >= 4 is 5.65 Å². The van der Waals surface area contributed by atoms with Crippen LogP contribution in [0.3, 0.4) is 0 Å². The van der Waals surface area contributed by atoms with Gasteiger partial charge < -0.3 is 10.1 Å². The minimum absolute atomic E-state index is 0.558. The van der Waals surface area contributed by atoms with E-state index in [1.165, 1.54) is 42.4 Å². The van der Waals surface area contributed by atoms with Crippen LogP contribution in [-0.4, -0.2) is 9.38 Å². The van der Waals surface area contributed by atoms with Crippen molar-refractivity contribution in [1.29, 1.82) is 0 Å². The van der Waals surface area contributed by atoms with Gasteiger partial charge >= 0.3 is 0 Å². The largest absolute Gasteiger partial charge is 0.326 e. The first-order valence-corrected chi connectivity index (χ1v) is 7.63. The van der Waals surface area contributed by atoms with Gasteiger partial charge in [-0.25, -0.2) is 4.98 Å². The van der Waals surface area contributed by atoms with Gasteiger partial charge in [0.2, 0.25) is 0 Å². The highest BCUT2D eigenvalue weighted by Crippen LogP contribution is 2.27. The Labute approximate surface area is 124 Å². The predicted octanol–water partition coefficient (Wildman–Crippen LogP) is 3.34. The normalized spacial score (nSPS) is 14.3. The quantitative estimate of drug-likeness (QED) is 0.780. The van der Waals surface area contributed by atoms with Crippen LogP contribution in [0.1, 0.15) is 29.5 Å². The third-order valence-corrected chi connectivity index (χ3v) is 4.39. The predicted molar refractivity (Wildman–Crippen MR) is 85.2 cm³/mol. The maximum absolute atomic E-state index is 5.70. The highest BCUT2D eigenvalue weighted by atomic mass is 15.0. The molecule has 1 aliphatic carbocycles. The molecule has 2 aromatic heterocycles. The number of pyridine rings is 1. The summed E-state index contributed by atoms with van der Waals surface area (Å²) in [4.78, 5) is 4.73. The van der Waals surface area contributed by atoms with E-state index < -0.39 is 0 Å².